The van der Waals surface area contributed by atoms with Crippen LogP contribution in [0, 0.1) is 0 Å². The zero-order chi connectivity index (χ0) is 36.7. The lowest BCUT2D eigenvalue weighted by atomic mass is 9.85. The van der Waals surface area contributed by atoms with Crippen molar-refractivity contribution in [3.05, 3.63) is 194 Å². The summed E-state index contributed by atoms with van der Waals surface area (Å²) in [6.07, 6.45) is 0. The van der Waals surface area contributed by atoms with Crippen LogP contribution in [-0.4, -0.2) is 0 Å². The molecule has 0 amide bonds. The molecule has 12 rings (SSSR count). The number of rotatable bonds is 4. The number of furan rings is 2. The van der Waals surface area contributed by atoms with Crippen LogP contribution in [0.1, 0.15) is 0 Å². The van der Waals surface area contributed by atoms with Gasteiger partial charge in [0.2, 0.25) is 0 Å². The van der Waals surface area contributed by atoms with Gasteiger partial charge in [-0.15, -0.1) is 0 Å². The van der Waals surface area contributed by atoms with Crippen LogP contribution in [0.2, 0.25) is 0 Å². The van der Waals surface area contributed by atoms with E-state index in [1.54, 1.807) is 0 Å². The van der Waals surface area contributed by atoms with E-state index in [1.165, 1.54) is 66.1 Å². The Morgan fingerprint density at radius 3 is 1.50 bits per heavy atom. The Balaban J connectivity index is 1.04. The summed E-state index contributed by atoms with van der Waals surface area (Å²) in [5.74, 6) is 0. The Hall–Kier alpha value is -7.42. The highest BCUT2D eigenvalue weighted by Crippen LogP contribution is 2.46. The van der Waals surface area contributed by atoms with Gasteiger partial charge in [0.25, 0.3) is 0 Å². The zero-order valence-electron chi connectivity index (χ0n) is 30.3. The van der Waals surface area contributed by atoms with Crippen LogP contribution in [0.25, 0.3) is 121 Å². The van der Waals surface area contributed by atoms with E-state index in [0.29, 0.717) is 0 Å². The summed E-state index contributed by atoms with van der Waals surface area (Å²) in [5.41, 5.74) is 13.2. The number of para-hydroxylation sites is 1. The number of fused-ring (bicyclic) bond motifs is 11. The summed E-state index contributed by atoms with van der Waals surface area (Å²) in [4.78, 5) is 0. The SMILES string of the molecule is c1ccc(-c2cccc(-c3c4ccccc4c(-c4ccc(-c5cc6c7ccc8oc9ccccc9c8c7oc6c6ccccc56)cc4)c4ccccc34)c2)cc1. The molecule has 2 nitrogen and oxygen atoms in total. The standard InChI is InChI=1S/C54H32O2/c1-2-13-33(14-3-1)36-15-12-16-37(31-36)51-41-20-7-5-18-39(41)50(40-19-6-8-21-42(40)51)35-27-25-34(26-28-35)46-32-47-44-29-30-49-52(45-23-10-11-24-48(45)55-49)54(44)56-53(47)43-22-9-4-17-38(43)46/h1-32H. The smallest absolute Gasteiger partial charge is 0.147 e. The molecule has 2 heteroatoms. The Kier molecular flexibility index (Phi) is 6.66. The first kappa shape index (κ1) is 31.0. The third-order valence-electron chi connectivity index (χ3n) is 11.7. The second kappa shape index (κ2) is 12.0. The summed E-state index contributed by atoms with van der Waals surface area (Å²) in [6.45, 7) is 0. The van der Waals surface area contributed by atoms with Gasteiger partial charge in [-0.25, -0.2) is 0 Å². The van der Waals surface area contributed by atoms with Crippen LogP contribution in [0.3, 0.4) is 0 Å². The maximum atomic E-state index is 6.81. The number of hydrogen-bond acceptors (Lipinski definition) is 2. The summed E-state index contributed by atoms with van der Waals surface area (Å²) in [5, 5.41) is 11.5. The van der Waals surface area contributed by atoms with Crippen molar-refractivity contribution in [1.82, 2.24) is 0 Å². The fraction of sp³-hybridized carbons (Fsp3) is 0. The molecule has 0 saturated heterocycles. The van der Waals surface area contributed by atoms with Gasteiger partial charge in [-0.2, -0.15) is 0 Å². The monoisotopic (exact) mass is 712 g/mol. The van der Waals surface area contributed by atoms with Crippen LogP contribution < -0.4 is 0 Å². The van der Waals surface area contributed by atoms with Crippen molar-refractivity contribution in [2.45, 2.75) is 0 Å². The molecule has 0 N–H and O–H groups in total. The topological polar surface area (TPSA) is 26.3 Å². The maximum absolute atomic E-state index is 6.81. The normalized spacial score (nSPS) is 11.9. The largest absolute Gasteiger partial charge is 0.456 e. The van der Waals surface area contributed by atoms with E-state index in [2.05, 4.69) is 182 Å². The predicted molar refractivity (Wildman–Crippen MR) is 235 cm³/mol. The molecular weight excluding hydrogens is 681 g/mol. The van der Waals surface area contributed by atoms with Crippen molar-refractivity contribution in [3.8, 4) is 44.5 Å². The van der Waals surface area contributed by atoms with Crippen LogP contribution in [0.5, 0.6) is 0 Å². The minimum Gasteiger partial charge on any atom is -0.456 e. The summed E-state index contributed by atoms with van der Waals surface area (Å²) in [6, 6.07) is 69.9. The van der Waals surface area contributed by atoms with Crippen molar-refractivity contribution in [2.75, 3.05) is 0 Å². The molecule has 2 heterocycles. The molecule has 0 atom stereocenters. The highest BCUT2D eigenvalue weighted by Gasteiger charge is 2.21. The van der Waals surface area contributed by atoms with Gasteiger partial charge < -0.3 is 8.83 Å². The molecule has 0 fully saturated rings. The number of benzene rings is 10. The van der Waals surface area contributed by atoms with Gasteiger partial charge in [-0.3, -0.25) is 0 Å². The van der Waals surface area contributed by atoms with Crippen molar-refractivity contribution in [2.24, 2.45) is 0 Å². The van der Waals surface area contributed by atoms with Gasteiger partial charge in [-0.05, 0) is 102 Å². The molecule has 0 saturated carbocycles. The third-order valence-corrected chi connectivity index (χ3v) is 11.7. The molecule has 56 heavy (non-hydrogen) atoms. The van der Waals surface area contributed by atoms with Crippen molar-refractivity contribution in [3.63, 3.8) is 0 Å². The van der Waals surface area contributed by atoms with Gasteiger partial charge >= 0.3 is 0 Å². The van der Waals surface area contributed by atoms with Crippen molar-refractivity contribution < 1.29 is 8.83 Å². The third kappa shape index (κ3) is 4.57. The predicted octanol–water partition coefficient (Wildman–Crippen LogP) is 15.6. The van der Waals surface area contributed by atoms with Crippen molar-refractivity contribution in [1.29, 1.82) is 0 Å². The van der Waals surface area contributed by atoms with E-state index < -0.39 is 0 Å². The van der Waals surface area contributed by atoms with Gasteiger partial charge in [0.05, 0.1) is 5.39 Å². The van der Waals surface area contributed by atoms with Gasteiger partial charge in [0.15, 0.2) is 0 Å². The van der Waals surface area contributed by atoms with E-state index in [0.717, 1.165) is 54.6 Å². The first-order valence-electron chi connectivity index (χ1n) is 19.2. The lowest BCUT2D eigenvalue weighted by Crippen LogP contribution is -1.91. The molecular formula is C54H32O2. The minimum absolute atomic E-state index is 0.839. The van der Waals surface area contributed by atoms with E-state index in [1.807, 2.05) is 12.1 Å². The molecule has 0 spiro atoms. The lowest BCUT2D eigenvalue weighted by molar-refractivity contribution is 0.664. The molecule has 10 aromatic carbocycles. The van der Waals surface area contributed by atoms with Gasteiger partial charge in [0, 0.05) is 21.5 Å². The Morgan fingerprint density at radius 1 is 0.250 bits per heavy atom. The molecule has 0 aliphatic heterocycles. The highest BCUT2D eigenvalue weighted by molar-refractivity contribution is 6.26. The molecule has 0 unspecified atom stereocenters. The van der Waals surface area contributed by atoms with Crippen LogP contribution >= 0.6 is 0 Å². The average Bonchev–Trinajstić information content (AvgIpc) is 3.84. The van der Waals surface area contributed by atoms with E-state index >= 15 is 0 Å². The fourth-order valence-electron chi connectivity index (χ4n) is 9.15. The molecule has 0 aliphatic carbocycles. The molecule has 2 aromatic heterocycles. The summed E-state index contributed by atoms with van der Waals surface area (Å²) < 4.78 is 13.0. The highest BCUT2D eigenvalue weighted by atomic mass is 16.3. The Labute approximate surface area is 322 Å². The van der Waals surface area contributed by atoms with E-state index in [4.69, 9.17) is 8.83 Å². The second-order valence-corrected chi connectivity index (χ2v) is 14.7. The van der Waals surface area contributed by atoms with Gasteiger partial charge in [0.1, 0.15) is 22.3 Å². The molecule has 0 aliphatic rings. The lowest BCUT2D eigenvalue weighted by Gasteiger charge is -2.18. The number of hydrogen-bond donors (Lipinski definition) is 0. The van der Waals surface area contributed by atoms with E-state index in [9.17, 15) is 0 Å². The summed E-state index contributed by atoms with van der Waals surface area (Å²) >= 11 is 0. The van der Waals surface area contributed by atoms with Gasteiger partial charge in [-0.1, -0.05) is 164 Å². The van der Waals surface area contributed by atoms with Crippen LogP contribution in [0.4, 0.5) is 0 Å². The van der Waals surface area contributed by atoms with Crippen LogP contribution in [0.15, 0.2) is 203 Å². The van der Waals surface area contributed by atoms with Crippen LogP contribution in [-0.2, 0) is 0 Å². The van der Waals surface area contributed by atoms with Crippen molar-refractivity contribution >= 4 is 76.2 Å². The van der Waals surface area contributed by atoms with E-state index in [-0.39, 0.29) is 0 Å². The quantitative estimate of drug-likeness (QED) is 0.170. The molecule has 0 bridgehead atoms. The fourth-order valence-corrected chi connectivity index (χ4v) is 9.15. The molecule has 0 radical (unpaired) electrons. The first-order chi connectivity index (χ1) is 27.8. The second-order valence-electron chi connectivity index (χ2n) is 14.7. The average molecular weight is 713 g/mol. The Bertz CT molecular complexity index is 3450. The zero-order valence-corrected chi connectivity index (χ0v) is 30.3. The Morgan fingerprint density at radius 2 is 0.786 bits per heavy atom. The maximum Gasteiger partial charge on any atom is 0.147 e. The minimum atomic E-state index is 0.839. The molecule has 12 aromatic rings. The first-order valence-corrected chi connectivity index (χ1v) is 19.2. The summed E-state index contributed by atoms with van der Waals surface area (Å²) in [7, 11) is 0. The molecule has 260 valence electrons.